The summed E-state index contributed by atoms with van der Waals surface area (Å²) in [7, 11) is 1.69. The Morgan fingerprint density at radius 3 is 2.80 bits per heavy atom. The van der Waals surface area contributed by atoms with Crippen molar-refractivity contribution in [1.29, 1.82) is 0 Å². The summed E-state index contributed by atoms with van der Waals surface area (Å²) in [6.45, 7) is 2.72. The molecular weight excluding hydrogens is 210 g/mol. The van der Waals surface area contributed by atoms with Gasteiger partial charge in [-0.15, -0.1) is 0 Å². The van der Waals surface area contributed by atoms with E-state index in [4.69, 9.17) is 22.1 Å². The number of methoxy groups -OCH3 is 1. The van der Waals surface area contributed by atoms with Crippen molar-refractivity contribution in [1.82, 2.24) is 0 Å². The van der Waals surface area contributed by atoms with E-state index < -0.39 is 0 Å². The highest BCUT2D eigenvalue weighted by Crippen LogP contribution is 2.17. The number of rotatable bonds is 5. The Labute approximate surface area is 96.4 Å². The number of aryl methyl sites for hydroxylation is 1. The molecule has 3 heteroatoms. The van der Waals surface area contributed by atoms with Gasteiger partial charge in [-0.25, -0.2) is 0 Å². The predicted octanol–water partition coefficient (Wildman–Crippen LogP) is 2.55. The first kappa shape index (κ1) is 12.5. The Hall–Kier alpha value is -0.570. The van der Waals surface area contributed by atoms with Crippen LogP contribution in [-0.4, -0.2) is 19.8 Å². The van der Waals surface area contributed by atoms with E-state index in [0.29, 0.717) is 6.61 Å². The summed E-state index contributed by atoms with van der Waals surface area (Å²) in [6, 6.07) is 6.21. The van der Waals surface area contributed by atoms with Crippen LogP contribution in [0, 0.1) is 6.92 Å². The van der Waals surface area contributed by atoms with Crippen molar-refractivity contribution in [3.05, 3.63) is 34.3 Å². The Balaban J connectivity index is 2.53. The number of ether oxygens (including phenoxy) is 1. The van der Waals surface area contributed by atoms with Crippen LogP contribution in [0.5, 0.6) is 0 Å². The Morgan fingerprint density at radius 1 is 1.47 bits per heavy atom. The lowest BCUT2D eigenvalue weighted by molar-refractivity contribution is 0.188. The van der Waals surface area contributed by atoms with Gasteiger partial charge in [0.05, 0.1) is 0 Å². The predicted molar refractivity (Wildman–Crippen MR) is 64.4 cm³/mol. The molecule has 0 aliphatic rings. The first-order valence-electron chi connectivity index (χ1n) is 5.13. The summed E-state index contributed by atoms with van der Waals surface area (Å²) in [5, 5.41) is 0.809. The van der Waals surface area contributed by atoms with E-state index in [0.717, 1.165) is 23.4 Å². The van der Waals surface area contributed by atoms with E-state index >= 15 is 0 Å². The zero-order chi connectivity index (χ0) is 11.3. The van der Waals surface area contributed by atoms with Gasteiger partial charge >= 0.3 is 0 Å². The van der Waals surface area contributed by atoms with Crippen LogP contribution in [0.15, 0.2) is 18.2 Å². The highest BCUT2D eigenvalue weighted by molar-refractivity contribution is 6.31. The van der Waals surface area contributed by atoms with Crippen molar-refractivity contribution < 1.29 is 4.74 Å². The molecule has 1 rings (SSSR count). The monoisotopic (exact) mass is 227 g/mol. The second kappa shape index (κ2) is 6.11. The van der Waals surface area contributed by atoms with E-state index in [1.807, 2.05) is 19.1 Å². The van der Waals surface area contributed by atoms with Crippen molar-refractivity contribution >= 4 is 11.6 Å². The van der Waals surface area contributed by atoms with E-state index in [9.17, 15) is 0 Å². The lowest BCUT2D eigenvalue weighted by Crippen LogP contribution is -2.24. The Kier molecular flexibility index (Phi) is 5.09. The number of hydrogen-bond donors (Lipinski definition) is 1. The highest BCUT2D eigenvalue weighted by Gasteiger charge is 2.05. The van der Waals surface area contributed by atoms with Crippen LogP contribution in [0.25, 0.3) is 0 Å². The molecule has 2 nitrogen and oxygen atoms in total. The Bertz CT molecular complexity index is 314. The van der Waals surface area contributed by atoms with Crippen LogP contribution in [0.4, 0.5) is 0 Å². The molecule has 1 atom stereocenters. The zero-order valence-electron chi connectivity index (χ0n) is 9.29. The topological polar surface area (TPSA) is 35.2 Å². The summed E-state index contributed by atoms with van der Waals surface area (Å²) in [6.07, 6.45) is 1.76. The molecule has 1 aromatic carbocycles. The van der Waals surface area contributed by atoms with Crippen molar-refractivity contribution in [2.24, 2.45) is 5.73 Å². The van der Waals surface area contributed by atoms with Crippen molar-refractivity contribution in [3.8, 4) is 0 Å². The number of halogens is 1. The molecule has 0 spiro atoms. The maximum Gasteiger partial charge on any atom is 0.0477 e. The molecular formula is C12H18ClNO. The molecule has 0 aliphatic heterocycles. The highest BCUT2D eigenvalue weighted by atomic mass is 35.5. The second-order valence-electron chi connectivity index (χ2n) is 3.83. The van der Waals surface area contributed by atoms with E-state index in [1.165, 1.54) is 5.56 Å². The average molecular weight is 228 g/mol. The Morgan fingerprint density at radius 2 is 2.20 bits per heavy atom. The molecule has 2 N–H and O–H groups in total. The van der Waals surface area contributed by atoms with Gasteiger partial charge in [-0.3, -0.25) is 0 Å². The van der Waals surface area contributed by atoms with Crippen molar-refractivity contribution in [2.45, 2.75) is 25.8 Å². The summed E-state index contributed by atoms with van der Waals surface area (Å²) in [4.78, 5) is 0. The van der Waals surface area contributed by atoms with Crippen LogP contribution < -0.4 is 5.73 Å². The third kappa shape index (κ3) is 4.20. The first-order valence-corrected chi connectivity index (χ1v) is 5.51. The van der Waals surface area contributed by atoms with E-state index in [-0.39, 0.29) is 6.04 Å². The molecule has 0 fully saturated rings. The van der Waals surface area contributed by atoms with Gasteiger partial charge in [0.2, 0.25) is 0 Å². The van der Waals surface area contributed by atoms with Gasteiger partial charge in [0, 0.05) is 24.8 Å². The minimum Gasteiger partial charge on any atom is -0.385 e. The van der Waals surface area contributed by atoms with Gasteiger partial charge in [0.25, 0.3) is 0 Å². The van der Waals surface area contributed by atoms with Gasteiger partial charge in [-0.1, -0.05) is 23.7 Å². The molecule has 0 aromatic heterocycles. The second-order valence-corrected chi connectivity index (χ2v) is 4.24. The molecule has 0 heterocycles. The summed E-state index contributed by atoms with van der Waals surface area (Å²) >= 11 is 5.95. The van der Waals surface area contributed by atoms with Gasteiger partial charge in [0.1, 0.15) is 0 Å². The van der Waals surface area contributed by atoms with Crippen LogP contribution >= 0.6 is 11.6 Å². The van der Waals surface area contributed by atoms with Crippen molar-refractivity contribution in [3.63, 3.8) is 0 Å². The van der Waals surface area contributed by atoms with Crippen LogP contribution in [0.2, 0.25) is 5.02 Å². The lowest BCUT2D eigenvalue weighted by atomic mass is 10.0. The maximum absolute atomic E-state index is 5.97. The van der Waals surface area contributed by atoms with Crippen LogP contribution in [0.3, 0.4) is 0 Å². The van der Waals surface area contributed by atoms with Gasteiger partial charge in [-0.2, -0.15) is 0 Å². The molecule has 0 saturated heterocycles. The molecule has 0 amide bonds. The fraction of sp³-hybridized carbons (Fsp3) is 0.500. The summed E-state index contributed by atoms with van der Waals surface area (Å²) in [5.41, 5.74) is 8.31. The third-order valence-electron chi connectivity index (χ3n) is 2.41. The van der Waals surface area contributed by atoms with Crippen LogP contribution in [-0.2, 0) is 11.2 Å². The molecule has 15 heavy (non-hydrogen) atoms. The fourth-order valence-corrected chi connectivity index (χ4v) is 1.63. The molecule has 1 aromatic rings. The summed E-state index contributed by atoms with van der Waals surface area (Å²) < 4.78 is 4.99. The third-order valence-corrected chi connectivity index (χ3v) is 2.84. The minimum atomic E-state index is 0.158. The fourth-order valence-electron chi connectivity index (χ4n) is 1.51. The van der Waals surface area contributed by atoms with Gasteiger partial charge in [0.15, 0.2) is 0 Å². The molecule has 0 saturated carbocycles. The largest absolute Gasteiger partial charge is 0.385 e. The number of benzene rings is 1. The zero-order valence-corrected chi connectivity index (χ0v) is 10.1. The standard InChI is InChI=1S/C12H18ClNO/c1-9-7-10(3-4-12(9)13)8-11(14)5-6-15-2/h3-4,7,11H,5-6,8,14H2,1-2H3. The quantitative estimate of drug-likeness (QED) is 0.839. The van der Waals surface area contributed by atoms with Gasteiger partial charge in [-0.05, 0) is 37.0 Å². The summed E-state index contributed by atoms with van der Waals surface area (Å²) in [5.74, 6) is 0. The maximum atomic E-state index is 5.97. The lowest BCUT2D eigenvalue weighted by Gasteiger charge is -2.11. The van der Waals surface area contributed by atoms with Crippen LogP contribution in [0.1, 0.15) is 17.5 Å². The smallest absolute Gasteiger partial charge is 0.0477 e. The molecule has 0 radical (unpaired) electrons. The molecule has 0 bridgehead atoms. The van der Waals surface area contributed by atoms with E-state index in [2.05, 4.69) is 6.07 Å². The first-order chi connectivity index (χ1) is 7.13. The molecule has 0 aliphatic carbocycles. The van der Waals surface area contributed by atoms with E-state index in [1.54, 1.807) is 7.11 Å². The average Bonchev–Trinajstić information content (AvgIpc) is 2.20. The molecule has 1 unspecified atom stereocenters. The van der Waals surface area contributed by atoms with Crippen molar-refractivity contribution in [2.75, 3.05) is 13.7 Å². The number of hydrogen-bond acceptors (Lipinski definition) is 2. The van der Waals surface area contributed by atoms with Gasteiger partial charge < -0.3 is 10.5 Å². The minimum absolute atomic E-state index is 0.158. The molecule has 84 valence electrons. The SMILES string of the molecule is COCCC(N)Cc1ccc(Cl)c(C)c1. The normalized spacial score (nSPS) is 12.8. The number of nitrogens with two attached hydrogens (primary N) is 1.